The van der Waals surface area contributed by atoms with E-state index in [9.17, 15) is 13.2 Å². The summed E-state index contributed by atoms with van der Waals surface area (Å²) in [5.41, 5.74) is 6.38. The predicted molar refractivity (Wildman–Crippen MR) is 164 cm³/mol. The highest BCUT2D eigenvalue weighted by Crippen LogP contribution is 2.37. The van der Waals surface area contributed by atoms with Crippen LogP contribution < -0.4 is 19.2 Å². The van der Waals surface area contributed by atoms with E-state index in [0.29, 0.717) is 33.8 Å². The Morgan fingerprint density at radius 2 is 1.63 bits per heavy atom. The van der Waals surface area contributed by atoms with Crippen molar-refractivity contribution in [3.8, 4) is 11.5 Å². The van der Waals surface area contributed by atoms with E-state index in [1.807, 2.05) is 50.2 Å². The third-order valence-corrected chi connectivity index (χ3v) is 8.65. The molecule has 0 aliphatic carbocycles. The van der Waals surface area contributed by atoms with E-state index < -0.39 is 22.5 Å². The average Bonchev–Trinajstić information content (AvgIpc) is 2.97. The minimum Gasteiger partial charge on any atom is -0.493 e. The number of nitrogens with zero attached hydrogens (tertiary/aromatic N) is 2. The van der Waals surface area contributed by atoms with Gasteiger partial charge in [0.15, 0.2) is 11.5 Å². The summed E-state index contributed by atoms with van der Waals surface area (Å²) in [5, 5.41) is 4.05. The smallest absolute Gasteiger partial charge is 0.264 e. The second-order valence-corrected chi connectivity index (χ2v) is 11.9. The second kappa shape index (κ2) is 13.5. The molecule has 4 aromatic rings. The number of aryl methyl sites for hydroxylation is 2. The van der Waals surface area contributed by atoms with Crippen LogP contribution >= 0.6 is 15.9 Å². The van der Waals surface area contributed by atoms with Crippen molar-refractivity contribution in [2.24, 2.45) is 5.10 Å². The molecule has 212 valence electrons. The van der Waals surface area contributed by atoms with Gasteiger partial charge < -0.3 is 9.47 Å². The third-order valence-electron chi connectivity index (χ3n) is 6.28. The number of halogens is 1. The molecule has 0 aromatic heterocycles. The van der Waals surface area contributed by atoms with E-state index in [1.165, 1.54) is 25.5 Å². The number of benzene rings is 4. The van der Waals surface area contributed by atoms with Gasteiger partial charge in [-0.2, -0.15) is 5.10 Å². The van der Waals surface area contributed by atoms with E-state index in [4.69, 9.17) is 9.47 Å². The molecule has 0 aliphatic rings. The van der Waals surface area contributed by atoms with E-state index in [0.717, 1.165) is 21.0 Å². The monoisotopic (exact) mass is 635 g/mol. The molecule has 0 spiro atoms. The molecule has 0 heterocycles. The van der Waals surface area contributed by atoms with E-state index in [-0.39, 0.29) is 4.90 Å². The van der Waals surface area contributed by atoms with Crippen molar-refractivity contribution in [3.63, 3.8) is 0 Å². The topological polar surface area (TPSA) is 97.3 Å². The summed E-state index contributed by atoms with van der Waals surface area (Å²) in [4.78, 5) is 13.0. The number of sulfonamides is 1. The van der Waals surface area contributed by atoms with Crippen LogP contribution in [0.15, 0.2) is 105 Å². The summed E-state index contributed by atoms with van der Waals surface area (Å²) < 4.78 is 40.2. The van der Waals surface area contributed by atoms with Crippen LogP contribution in [-0.4, -0.2) is 34.2 Å². The molecular formula is C31H30BrN3O5S. The Kier molecular flexibility index (Phi) is 9.80. The van der Waals surface area contributed by atoms with Gasteiger partial charge in [-0.1, -0.05) is 54.6 Å². The molecule has 1 amide bonds. The van der Waals surface area contributed by atoms with Crippen molar-refractivity contribution < 1.29 is 22.7 Å². The lowest BCUT2D eigenvalue weighted by atomic mass is 10.1. The Labute approximate surface area is 248 Å². The summed E-state index contributed by atoms with van der Waals surface area (Å²) in [6.45, 7) is 3.73. The van der Waals surface area contributed by atoms with Crippen molar-refractivity contribution in [1.29, 1.82) is 0 Å². The summed E-state index contributed by atoms with van der Waals surface area (Å²) >= 11 is 3.52. The first-order valence-corrected chi connectivity index (χ1v) is 14.9. The number of carbonyl (C=O) groups is 1. The lowest BCUT2D eigenvalue weighted by molar-refractivity contribution is -0.119. The van der Waals surface area contributed by atoms with Gasteiger partial charge in [-0.15, -0.1) is 0 Å². The number of rotatable bonds is 11. The molecule has 0 atom stereocenters. The van der Waals surface area contributed by atoms with E-state index in [2.05, 4.69) is 26.5 Å². The van der Waals surface area contributed by atoms with Crippen LogP contribution in [0.2, 0.25) is 0 Å². The molecule has 0 radical (unpaired) electrons. The van der Waals surface area contributed by atoms with Crippen molar-refractivity contribution in [1.82, 2.24) is 5.43 Å². The molecule has 10 heteroatoms. The maximum absolute atomic E-state index is 13.5. The number of hydrogen-bond donors (Lipinski definition) is 1. The molecule has 41 heavy (non-hydrogen) atoms. The SMILES string of the molecule is COc1cc(/C=N\NC(=O)CN(c2ccc(C)c(C)c2)S(=O)(=O)c2ccccc2)cc(Br)c1OCc1ccccc1. The summed E-state index contributed by atoms with van der Waals surface area (Å²) in [7, 11) is -2.48. The highest BCUT2D eigenvalue weighted by Gasteiger charge is 2.27. The lowest BCUT2D eigenvalue weighted by Crippen LogP contribution is -2.39. The fourth-order valence-corrected chi connectivity index (χ4v) is 5.95. The fraction of sp³-hybridized carbons (Fsp3) is 0.161. The molecule has 1 N–H and O–H groups in total. The summed E-state index contributed by atoms with van der Waals surface area (Å²) in [5.74, 6) is 0.415. The number of ether oxygens (including phenoxy) is 2. The Bertz CT molecular complexity index is 1650. The fourth-order valence-electron chi connectivity index (χ4n) is 3.94. The van der Waals surface area contributed by atoms with Crippen LogP contribution in [0.3, 0.4) is 0 Å². The average molecular weight is 637 g/mol. The highest BCUT2D eigenvalue weighted by atomic mass is 79.9. The zero-order chi connectivity index (χ0) is 29.4. The predicted octanol–water partition coefficient (Wildman–Crippen LogP) is 6.00. The van der Waals surface area contributed by atoms with E-state index >= 15 is 0 Å². The van der Waals surface area contributed by atoms with Crippen molar-refractivity contribution >= 4 is 43.8 Å². The van der Waals surface area contributed by atoms with Crippen LogP contribution in [0.25, 0.3) is 0 Å². The molecular weight excluding hydrogens is 606 g/mol. The summed E-state index contributed by atoms with van der Waals surface area (Å²) in [6, 6.07) is 26.5. The van der Waals surface area contributed by atoms with Gasteiger partial charge in [-0.3, -0.25) is 9.10 Å². The number of anilines is 1. The second-order valence-electron chi connectivity index (χ2n) is 9.19. The van der Waals surface area contributed by atoms with Gasteiger partial charge in [0.2, 0.25) is 0 Å². The Balaban J connectivity index is 1.50. The number of amides is 1. The first kappa shape index (κ1) is 29.8. The van der Waals surface area contributed by atoms with Gasteiger partial charge in [0.25, 0.3) is 15.9 Å². The molecule has 0 fully saturated rings. The van der Waals surface area contributed by atoms with Crippen LogP contribution in [-0.2, 0) is 21.4 Å². The normalized spacial score (nSPS) is 11.3. The number of hydrazone groups is 1. The number of hydrogen-bond acceptors (Lipinski definition) is 6. The maximum atomic E-state index is 13.5. The van der Waals surface area contributed by atoms with Crippen molar-refractivity contribution in [3.05, 3.63) is 118 Å². The molecule has 4 aromatic carbocycles. The van der Waals surface area contributed by atoms with Gasteiger partial charge in [0, 0.05) is 0 Å². The molecule has 0 aliphatic heterocycles. The zero-order valence-corrected chi connectivity index (χ0v) is 25.3. The summed E-state index contributed by atoms with van der Waals surface area (Å²) in [6.07, 6.45) is 1.44. The van der Waals surface area contributed by atoms with Gasteiger partial charge >= 0.3 is 0 Å². The molecule has 0 saturated carbocycles. The zero-order valence-electron chi connectivity index (χ0n) is 22.9. The maximum Gasteiger partial charge on any atom is 0.264 e. The van der Waals surface area contributed by atoms with Crippen LogP contribution in [0.1, 0.15) is 22.3 Å². The largest absolute Gasteiger partial charge is 0.493 e. The molecule has 8 nitrogen and oxygen atoms in total. The van der Waals surface area contributed by atoms with Crippen molar-refractivity contribution in [2.45, 2.75) is 25.3 Å². The third kappa shape index (κ3) is 7.53. The van der Waals surface area contributed by atoms with Gasteiger partial charge in [0.05, 0.1) is 28.4 Å². The van der Waals surface area contributed by atoms with E-state index in [1.54, 1.807) is 42.5 Å². The minimum absolute atomic E-state index is 0.0843. The number of nitrogens with one attached hydrogen (secondary N) is 1. The van der Waals surface area contributed by atoms with Crippen LogP contribution in [0.4, 0.5) is 5.69 Å². The minimum atomic E-state index is -4.02. The number of methoxy groups -OCH3 is 1. The van der Waals surface area contributed by atoms with Crippen molar-refractivity contribution in [2.75, 3.05) is 18.0 Å². The van der Waals surface area contributed by atoms with Crippen LogP contribution in [0, 0.1) is 13.8 Å². The van der Waals surface area contributed by atoms with Gasteiger partial charge in [-0.25, -0.2) is 13.8 Å². The molecule has 0 bridgehead atoms. The van der Waals surface area contributed by atoms with Gasteiger partial charge in [-0.05, 0) is 88.4 Å². The Morgan fingerprint density at radius 1 is 0.951 bits per heavy atom. The Morgan fingerprint density at radius 3 is 2.29 bits per heavy atom. The van der Waals surface area contributed by atoms with Gasteiger partial charge in [0.1, 0.15) is 13.2 Å². The lowest BCUT2D eigenvalue weighted by Gasteiger charge is -2.24. The quantitative estimate of drug-likeness (QED) is 0.161. The first-order valence-electron chi connectivity index (χ1n) is 12.7. The Hall–Kier alpha value is -4.15. The van der Waals surface area contributed by atoms with Crippen LogP contribution in [0.5, 0.6) is 11.5 Å². The molecule has 0 saturated heterocycles. The first-order chi connectivity index (χ1) is 19.7. The highest BCUT2D eigenvalue weighted by molar-refractivity contribution is 9.10. The standard InChI is InChI=1S/C31H30BrN3O5S/c1-22-14-15-26(16-23(22)2)35(41(37,38)27-12-8-5-9-13-27)20-30(36)34-33-19-25-17-28(32)31(29(18-25)39-3)40-21-24-10-6-4-7-11-24/h4-19H,20-21H2,1-3H3,(H,34,36)/b33-19-. The number of carbonyl (C=O) groups excluding carboxylic acids is 1. The molecule has 4 rings (SSSR count). The molecule has 0 unspecified atom stereocenters.